The summed E-state index contributed by atoms with van der Waals surface area (Å²) in [6, 6.07) is 16.6. The third-order valence-corrected chi connectivity index (χ3v) is 3.02. The smallest absolute Gasteiger partial charge is 0.232 e. The van der Waals surface area contributed by atoms with Crippen molar-refractivity contribution in [3.8, 4) is 11.5 Å². The number of anilines is 1. The Morgan fingerprint density at radius 1 is 1.13 bits per heavy atom. The Bertz CT molecular complexity index is 800. The number of aromatic nitrogens is 2. The van der Waals surface area contributed by atoms with Gasteiger partial charge in [0.05, 0.1) is 12.1 Å². The second kappa shape index (κ2) is 6.74. The standard InChI is InChI=1S/C17H15N3O3/c1-12-18-16(20-23-12)11-17(21)19-14-9-5-6-10-15(14)22-13-7-3-2-4-8-13/h2-10H,11H2,1H3,(H,19,21). The first-order chi connectivity index (χ1) is 11.2. The number of para-hydroxylation sites is 3. The molecule has 1 N–H and O–H groups in total. The van der Waals surface area contributed by atoms with Crippen LogP contribution in [0.3, 0.4) is 0 Å². The maximum atomic E-state index is 12.1. The van der Waals surface area contributed by atoms with Gasteiger partial charge in [-0.3, -0.25) is 4.79 Å². The fourth-order valence-corrected chi connectivity index (χ4v) is 2.03. The molecule has 3 aromatic rings. The van der Waals surface area contributed by atoms with E-state index >= 15 is 0 Å². The van der Waals surface area contributed by atoms with Crippen LogP contribution in [-0.4, -0.2) is 16.0 Å². The minimum absolute atomic E-state index is 0.0387. The van der Waals surface area contributed by atoms with Gasteiger partial charge < -0.3 is 14.6 Å². The van der Waals surface area contributed by atoms with Gasteiger partial charge in [-0.25, -0.2) is 0 Å². The van der Waals surface area contributed by atoms with Gasteiger partial charge in [-0.1, -0.05) is 35.5 Å². The van der Waals surface area contributed by atoms with Gasteiger partial charge in [0.1, 0.15) is 5.75 Å². The second-order valence-electron chi connectivity index (χ2n) is 4.87. The van der Waals surface area contributed by atoms with Gasteiger partial charge in [0, 0.05) is 6.92 Å². The predicted octanol–water partition coefficient (Wildman–Crippen LogP) is 3.35. The van der Waals surface area contributed by atoms with E-state index in [4.69, 9.17) is 9.26 Å². The molecule has 3 rings (SSSR count). The summed E-state index contributed by atoms with van der Waals surface area (Å²) in [6.07, 6.45) is 0.0387. The highest BCUT2D eigenvalue weighted by molar-refractivity contribution is 5.93. The van der Waals surface area contributed by atoms with E-state index in [0.717, 1.165) is 0 Å². The molecule has 116 valence electrons. The van der Waals surface area contributed by atoms with Crippen LogP contribution < -0.4 is 10.1 Å². The lowest BCUT2D eigenvalue weighted by molar-refractivity contribution is -0.115. The summed E-state index contributed by atoms with van der Waals surface area (Å²) in [4.78, 5) is 16.1. The van der Waals surface area contributed by atoms with Crippen LogP contribution in [-0.2, 0) is 11.2 Å². The molecular weight excluding hydrogens is 294 g/mol. The van der Waals surface area contributed by atoms with Crippen LogP contribution in [0, 0.1) is 6.92 Å². The monoisotopic (exact) mass is 309 g/mol. The van der Waals surface area contributed by atoms with E-state index in [1.807, 2.05) is 42.5 Å². The molecule has 0 unspecified atom stereocenters. The zero-order chi connectivity index (χ0) is 16.1. The summed E-state index contributed by atoms with van der Waals surface area (Å²) < 4.78 is 10.7. The van der Waals surface area contributed by atoms with Gasteiger partial charge in [0.15, 0.2) is 11.6 Å². The normalized spacial score (nSPS) is 10.3. The Kier molecular flexibility index (Phi) is 4.33. The van der Waals surface area contributed by atoms with E-state index in [0.29, 0.717) is 28.9 Å². The zero-order valence-electron chi connectivity index (χ0n) is 12.5. The summed E-state index contributed by atoms with van der Waals surface area (Å²) in [5.41, 5.74) is 0.585. The third-order valence-electron chi connectivity index (χ3n) is 3.02. The highest BCUT2D eigenvalue weighted by Gasteiger charge is 2.12. The minimum atomic E-state index is -0.241. The maximum absolute atomic E-state index is 12.1. The molecule has 0 spiro atoms. The molecule has 0 fully saturated rings. The topological polar surface area (TPSA) is 77.2 Å². The van der Waals surface area contributed by atoms with Gasteiger partial charge >= 0.3 is 0 Å². The third kappa shape index (κ3) is 3.94. The largest absolute Gasteiger partial charge is 0.455 e. The first kappa shape index (κ1) is 14.8. The number of nitrogens with zero attached hydrogens (tertiary/aromatic N) is 2. The molecule has 0 saturated carbocycles. The number of carbonyl (C=O) groups is 1. The van der Waals surface area contributed by atoms with Crippen molar-refractivity contribution in [3.63, 3.8) is 0 Å². The average Bonchev–Trinajstić information content (AvgIpc) is 2.95. The summed E-state index contributed by atoms with van der Waals surface area (Å²) in [5, 5.41) is 6.51. The van der Waals surface area contributed by atoms with Crippen LogP contribution in [0.4, 0.5) is 5.69 Å². The van der Waals surface area contributed by atoms with Crippen LogP contribution in [0.1, 0.15) is 11.7 Å². The van der Waals surface area contributed by atoms with Crippen molar-refractivity contribution < 1.29 is 14.1 Å². The molecule has 6 nitrogen and oxygen atoms in total. The van der Waals surface area contributed by atoms with E-state index in [1.54, 1.807) is 19.1 Å². The van der Waals surface area contributed by atoms with Crippen molar-refractivity contribution in [2.24, 2.45) is 0 Å². The Morgan fingerprint density at radius 2 is 1.87 bits per heavy atom. The Labute approximate surface area is 133 Å². The summed E-state index contributed by atoms with van der Waals surface area (Å²) in [5.74, 6) is 1.80. The number of ether oxygens (including phenoxy) is 1. The van der Waals surface area contributed by atoms with E-state index in [1.165, 1.54) is 0 Å². The summed E-state index contributed by atoms with van der Waals surface area (Å²) >= 11 is 0. The molecule has 0 atom stereocenters. The first-order valence-electron chi connectivity index (χ1n) is 7.12. The van der Waals surface area contributed by atoms with E-state index in [9.17, 15) is 4.79 Å². The van der Waals surface area contributed by atoms with Crippen LogP contribution in [0.2, 0.25) is 0 Å². The second-order valence-corrected chi connectivity index (χ2v) is 4.87. The lowest BCUT2D eigenvalue weighted by Gasteiger charge is -2.11. The van der Waals surface area contributed by atoms with Crippen LogP contribution >= 0.6 is 0 Å². The molecule has 1 heterocycles. The first-order valence-corrected chi connectivity index (χ1v) is 7.12. The van der Waals surface area contributed by atoms with Gasteiger partial charge in [0.2, 0.25) is 11.8 Å². The molecule has 6 heteroatoms. The number of hydrogen-bond donors (Lipinski definition) is 1. The van der Waals surface area contributed by atoms with Gasteiger partial charge in [-0.2, -0.15) is 4.98 Å². The fourth-order valence-electron chi connectivity index (χ4n) is 2.03. The van der Waals surface area contributed by atoms with Crippen LogP contribution in [0.5, 0.6) is 11.5 Å². The zero-order valence-corrected chi connectivity index (χ0v) is 12.5. The number of carbonyl (C=O) groups excluding carboxylic acids is 1. The Balaban J connectivity index is 1.71. The Hall–Kier alpha value is -3.15. The predicted molar refractivity (Wildman–Crippen MR) is 84.3 cm³/mol. The van der Waals surface area contributed by atoms with Gasteiger partial charge in [-0.05, 0) is 24.3 Å². The van der Waals surface area contributed by atoms with Crippen LogP contribution in [0.25, 0.3) is 0 Å². The van der Waals surface area contributed by atoms with Crippen molar-refractivity contribution in [3.05, 3.63) is 66.3 Å². The molecule has 1 amide bonds. The molecule has 0 saturated heterocycles. The van der Waals surface area contributed by atoms with Crippen molar-refractivity contribution >= 4 is 11.6 Å². The molecule has 1 aromatic heterocycles. The fraction of sp³-hybridized carbons (Fsp3) is 0.118. The molecular formula is C17H15N3O3. The maximum Gasteiger partial charge on any atom is 0.232 e. The SMILES string of the molecule is Cc1nc(CC(=O)Nc2ccccc2Oc2ccccc2)no1. The molecule has 0 aliphatic carbocycles. The number of hydrogen-bond acceptors (Lipinski definition) is 5. The van der Waals surface area contributed by atoms with E-state index < -0.39 is 0 Å². The summed E-state index contributed by atoms with van der Waals surface area (Å²) in [6.45, 7) is 1.68. The molecule has 0 bridgehead atoms. The highest BCUT2D eigenvalue weighted by atomic mass is 16.5. The lowest BCUT2D eigenvalue weighted by Crippen LogP contribution is -2.15. The highest BCUT2D eigenvalue weighted by Crippen LogP contribution is 2.29. The molecule has 2 aromatic carbocycles. The lowest BCUT2D eigenvalue weighted by atomic mass is 10.2. The average molecular weight is 309 g/mol. The minimum Gasteiger partial charge on any atom is -0.455 e. The van der Waals surface area contributed by atoms with Crippen molar-refractivity contribution in [1.82, 2.24) is 10.1 Å². The molecule has 0 radical (unpaired) electrons. The Morgan fingerprint density at radius 3 is 2.61 bits per heavy atom. The van der Waals surface area contributed by atoms with Crippen molar-refractivity contribution in [2.75, 3.05) is 5.32 Å². The van der Waals surface area contributed by atoms with Crippen molar-refractivity contribution in [2.45, 2.75) is 13.3 Å². The van der Waals surface area contributed by atoms with E-state index in [2.05, 4.69) is 15.5 Å². The summed E-state index contributed by atoms with van der Waals surface area (Å²) in [7, 11) is 0. The van der Waals surface area contributed by atoms with Gasteiger partial charge in [-0.15, -0.1) is 0 Å². The number of amides is 1. The van der Waals surface area contributed by atoms with Gasteiger partial charge in [0.25, 0.3) is 0 Å². The number of benzene rings is 2. The quantitative estimate of drug-likeness (QED) is 0.782. The van der Waals surface area contributed by atoms with Crippen LogP contribution in [0.15, 0.2) is 59.1 Å². The molecule has 23 heavy (non-hydrogen) atoms. The number of nitrogens with one attached hydrogen (secondary N) is 1. The molecule has 0 aliphatic heterocycles. The van der Waals surface area contributed by atoms with E-state index in [-0.39, 0.29) is 12.3 Å². The van der Waals surface area contributed by atoms with Crippen molar-refractivity contribution in [1.29, 1.82) is 0 Å². The number of rotatable bonds is 5. The molecule has 0 aliphatic rings. The number of aryl methyl sites for hydroxylation is 1.